The Morgan fingerprint density at radius 2 is 1.95 bits per heavy atom. The summed E-state index contributed by atoms with van der Waals surface area (Å²) in [6, 6.07) is 15.0. The second-order valence-electron chi connectivity index (χ2n) is 11.0. The molecule has 0 atom stereocenters. The van der Waals surface area contributed by atoms with Gasteiger partial charge in [-0.25, -0.2) is 0 Å². The number of carbonyl (C=O) groups is 1. The standard InChI is InChI=1S/C32H35N3O4/c1-19(2)39-18-20-10-11-26-23(14-20)29-25-16-33-32(37)30(25)28-22-9-6-5-8-21(22)15-24(28)31(29)35(26)12-7-13-38-27(36)17-34(3)4/h5-6,8-11,14,16,19,33,37H,7,12-13,15,17-18H2,1-4H3. The molecular weight excluding hydrogens is 490 g/mol. The molecule has 39 heavy (non-hydrogen) atoms. The lowest BCUT2D eigenvalue weighted by Gasteiger charge is -2.13. The summed E-state index contributed by atoms with van der Waals surface area (Å²) in [6.45, 7) is 5.98. The first-order chi connectivity index (χ1) is 18.8. The van der Waals surface area contributed by atoms with Crippen molar-refractivity contribution in [3.05, 3.63) is 65.4 Å². The Balaban J connectivity index is 1.52. The van der Waals surface area contributed by atoms with Crippen molar-refractivity contribution in [1.29, 1.82) is 0 Å². The Hall–Kier alpha value is -3.81. The zero-order chi connectivity index (χ0) is 27.3. The number of hydrogen-bond acceptors (Lipinski definition) is 5. The van der Waals surface area contributed by atoms with Gasteiger partial charge in [0.1, 0.15) is 0 Å². The van der Waals surface area contributed by atoms with Gasteiger partial charge in [0.05, 0.1) is 36.8 Å². The number of aromatic hydroxyl groups is 1. The lowest BCUT2D eigenvalue weighted by Crippen LogP contribution is -2.24. The van der Waals surface area contributed by atoms with Gasteiger partial charge in [0.25, 0.3) is 0 Å². The zero-order valence-corrected chi connectivity index (χ0v) is 23.0. The van der Waals surface area contributed by atoms with Crippen LogP contribution < -0.4 is 0 Å². The van der Waals surface area contributed by atoms with Gasteiger partial charge in [0.2, 0.25) is 0 Å². The van der Waals surface area contributed by atoms with Crippen molar-refractivity contribution >= 4 is 38.5 Å². The van der Waals surface area contributed by atoms with Gasteiger partial charge >= 0.3 is 5.97 Å². The summed E-state index contributed by atoms with van der Waals surface area (Å²) in [5, 5.41) is 15.2. The number of carbonyl (C=O) groups excluding carboxylic acids is 1. The summed E-state index contributed by atoms with van der Waals surface area (Å²) in [6.07, 6.45) is 3.58. The smallest absolute Gasteiger partial charge is 0.320 e. The highest BCUT2D eigenvalue weighted by molar-refractivity contribution is 6.27. The molecule has 1 aliphatic carbocycles. The first-order valence-electron chi connectivity index (χ1n) is 13.6. The van der Waals surface area contributed by atoms with Crippen LogP contribution in [0.4, 0.5) is 0 Å². The van der Waals surface area contributed by atoms with Crippen molar-refractivity contribution in [3.8, 4) is 17.0 Å². The number of esters is 1. The third-order valence-corrected chi connectivity index (χ3v) is 7.57. The molecule has 0 bridgehead atoms. The lowest BCUT2D eigenvalue weighted by atomic mass is 9.96. The van der Waals surface area contributed by atoms with E-state index in [1.165, 1.54) is 22.2 Å². The maximum absolute atomic E-state index is 12.1. The molecule has 0 saturated carbocycles. The molecule has 0 saturated heterocycles. The van der Waals surface area contributed by atoms with Gasteiger partial charge in [-0.15, -0.1) is 0 Å². The van der Waals surface area contributed by atoms with Crippen LogP contribution in [-0.4, -0.2) is 58.9 Å². The quantitative estimate of drug-likeness (QED) is 0.180. The summed E-state index contributed by atoms with van der Waals surface area (Å²) in [4.78, 5) is 17.0. The van der Waals surface area contributed by atoms with Crippen molar-refractivity contribution in [2.45, 2.75) is 45.9 Å². The predicted molar refractivity (Wildman–Crippen MR) is 155 cm³/mol. The Morgan fingerprint density at radius 3 is 2.74 bits per heavy atom. The van der Waals surface area contributed by atoms with Gasteiger partial charge in [0, 0.05) is 46.4 Å². The Kier molecular flexibility index (Phi) is 6.57. The number of aromatic nitrogens is 2. The van der Waals surface area contributed by atoms with Gasteiger partial charge in [0.15, 0.2) is 5.88 Å². The fourth-order valence-corrected chi connectivity index (χ4v) is 6.00. The highest BCUT2D eigenvalue weighted by Crippen LogP contribution is 2.50. The molecule has 0 unspecified atom stereocenters. The lowest BCUT2D eigenvalue weighted by molar-refractivity contribution is -0.144. The number of H-pyrrole nitrogens is 1. The Bertz CT molecular complexity index is 1710. The Morgan fingerprint density at radius 1 is 1.13 bits per heavy atom. The fourth-order valence-electron chi connectivity index (χ4n) is 6.00. The summed E-state index contributed by atoms with van der Waals surface area (Å²) in [7, 11) is 3.72. The second-order valence-corrected chi connectivity index (χ2v) is 11.0. The van der Waals surface area contributed by atoms with Gasteiger partial charge in [-0.1, -0.05) is 30.3 Å². The second kappa shape index (κ2) is 10.1. The Labute approximate surface area is 227 Å². The number of aryl methyl sites for hydroxylation is 1. The van der Waals surface area contributed by atoms with Gasteiger partial charge in [-0.05, 0) is 68.8 Å². The van der Waals surface area contributed by atoms with Crippen molar-refractivity contribution < 1.29 is 19.4 Å². The molecule has 3 aromatic carbocycles. The van der Waals surface area contributed by atoms with Crippen molar-refractivity contribution in [2.24, 2.45) is 0 Å². The number of fused-ring (bicyclic) bond motifs is 10. The van der Waals surface area contributed by atoms with Crippen LogP contribution in [0, 0.1) is 0 Å². The van der Waals surface area contributed by atoms with E-state index < -0.39 is 0 Å². The molecule has 0 radical (unpaired) electrons. The minimum absolute atomic E-state index is 0.146. The summed E-state index contributed by atoms with van der Waals surface area (Å²) >= 11 is 0. The highest BCUT2D eigenvalue weighted by atomic mass is 16.5. The molecule has 2 N–H and O–H groups in total. The summed E-state index contributed by atoms with van der Waals surface area (Å²) in [5.41, 5.74) is 8.21. The van der Waals surface area contributed by atoms with Crippen LogP contribution in [0.2, 0.25) is 0 Å². The average molecular weight is 526 g/mol. The summed E-state index contributed by atoms with van der Waals surface area (Å²) < 4.78 is 13.8. The minimum atomic E-state index is -0.210. The van der Waals surface area contributed by atoms with E-state index in [0.717, 1.165) is 44.6 Å². The zero-order valence-electron chi connectivity index (χ0n) is 23.0. The SMILES string of the molecule is CC(C)OCc1ccc2c(c1)c1c3c[nH]c(O)c3c3c(c1n2CCCOC(=O)CN(C)C)Cc1ccccc1-3. The minimum Gasteiger partial charge on any atom is -0.494 e. The third kappa shape index (κ3) is 4.45. The molecular formula is C32H35N3O4. The van der Waals surface area contributed by atoms with Crippen LogP contribution in [0.5, 0.6) is 5.88 Å². The molecule has 7 heteroatoms. The normalized spacial score (nSPS) is 12.8. The topological polar surface area (TPSA) is 79.7 Å². The van der Waals surface area contributed by atoms with Gasteiger partial charge < -0.3 is 24.1 Å². The van der Waals surface area contributed by atoms with E-state index in [-0.39, 0.29) is 24.5 Å². The number of ether oxygens (including phenoxy) is 2. The maximum Gasteiger partial charge on any atom is 0.320 e. The average Bonchev–Trinajstić information content (AvgIpc) is 3.56. The van der Waals surface area contributed by atoms with Gasteiger partial charge in [-0.2, -0.15) is 0 Å². The number of nitrogens with one attached hydrogen (secondary N) is 1. The monoisotopic (exact) mass is 525 g/mol. The molecule has 0 spiro atoms. The number of benzene rings is 3. The summed E-state index contributed by atoms with van der Waals surface area (Å²) in [5.74, 6) is -0.00859. The van der Waals surface area contributed by atoms with Gasteiger partial charge in [-0.3, -0.25) is 9.69 Å². The molecule has 5 aromatic rings. The van der Waals surface area contributed by atoms with Crippen molar-refractivity contribution in [1.82, 2.24) is 14.5 Å². The van der Waals surface area contributed by atoms with Crippen molar-refractivity contribution in [3.63, 3.8) is 0 Å². The first-order valence-corrected chi connectivity index (χ1v) is 13.6. The van der Waals surface area contributed by atoms with E-state index in [1.807, 2.05) is 39.0 Å². The number of likely N-dealkylation sites (N-methyl/N-ethyl adjacent to an activating group) is 1. The molecule has 0 fully saturated rings. The molecule has 202 valence electrons. The third-order valence-electron chi connectivity index (χ3n) is 7.57. The number of aromatic amines is 1. The van der Waals surface area contributed by atoms with E-state index in [4.69, 9.17) is 9.47 Å². The van der Waals surface area contributed by atoms with Crippen molar-refractivity contribution in [2.75, 3.05) is 27.2 Å². The van der Waals surface area contributed by atoms with Crippen LogP contribution in [0.1, 0.15) is 37.0 Å². The van der Waals surface area contributed by atoms with Crippen LogP contribution >= 0.6 is 0 Å². The largest absolute Gasteiger partial charge is 0.494 e. The highest BCUT2D eigenvalue weighted by Gasteiger charge is 2.29. The maximum atomic E-state index is 12.1. The molecule has 6 rings (SSSR count). The van der Waals surface area contributed by atoms with Crippen LogP contribution in [0.3, 0.4) is 0 Å². The van der Waals surface area contributed by atoms with Crippen LogP contribution in [-0.2, 0) is 33.8 Å². The number of nitrogens with zero attached hydrogens (tertiary/aromatic N) is 2. The van der Waals surface area contributed by atoms with E-state index in [9.17, 15) is 9.90 Å². The first kappa shape index (κ1) is 25.5. The number of rotatable bonds is 9. The molecule has 2 aromatic heterocycles. The van der Waals surface area contributed by atoms with Crippen LogP contribution in [0.25, 0.3) is 43.7 Å². The molecule has 0 aliphatic heterocycles. The molecule has 0 amide bonds. The number of hydrogen-bond donors (Lipinski definition) is 2. The molecule has 1 aliphatic rings. The van der Waals surface area contributed by atoms with E-state index in [0.29, 0.717) is 26.2 Å². The fraction of sp³-hybridized carbons (Fsp3) is 0.344. The molecule has 2 heterocycles. The predicted octanol–water partition coefficient (Wildman–Crippen LogP) is 5.97. The van der Waals surface area contributed by atoms with E-state index in [2.05, 4.69) is 52.0 Å². The van der Waals surface area contributed by atoms with E-state index >= 15 is 0 Å². The molecule has 7 nitrogen and oxygen atoms in total. The van der Waals surface area contributed by atoms with E-state index in [1.54, 1.807) is 0 Å². The van der Waals surface area contributed by atoms with Crippen LogP contribution in [0.15, 0.2) is 48.7 Å².